The molecule has 1 saturated heterocycles. The van der Waals surface area contributed by atoms with Gasteiger partial charge in [-0.15, -0.1) is 0 Å². The average molecular weight is 425 g/mol. The maximum absolute atomic E-state index is 12.7. The normalized spacial score (nSPS) is 15.4. The van der Waals surface area contributed by atoms with E-state index >= 15 is 0 Å². The molecule has 1 N–H and O–H groups in total. The number of carbonyl (C=O) groups excluding carboxylic acids is 2. The molecule has 29 heavy (non-hydrogen) atoms. The molecule has 0 radical (unpaired) electrons. The van der Waals surface area contributed by atoms with Crippen LogP contribution in [-0.4, -0.2) is 66.8 Å². The molecule has 0 saturated carbocycles. The fourth-order valence-electron chi connectivity index (χ4n) is 3.73. The summed E-state index contributed by atoms with van der Waals surface area (Å²) in [4.78, 5) is 39.6. The Morgan fingerprint density at radius 1 is 1.31 bits per heavy atom. The van der Waals surface area contributed by atoms with Crippen LogP contribution in [0, 0.1) is 21.4 Å². The van der Waals surface area contributed by atoms with Gasteiger partial charge in [-0.25, -0.2) is 0 Å². The highest BCUT2D eigenvalue weighted by Gasteiger charge is 2.31. The molecule has 8 nitrogen and oxygen atoms in total. The number of nitro groups is 1. The topological polar surface area (TPSA) is 95.8 Å². The van der Waals surface area contributed by atoms with Gasteiger partial charge in [0.15, 0.2) is 0 Å². The molecule has 9 heteroatoms. The summed E-state index contributed by atoms with van der Waals surface area (Å²) in [5.74, 6) is -0.560. The Labute approximate surface area is 176 Å². The smallest absolute Gasteiger partial charge is 0.283 e. The lowest BCUT2D eigenvalue weighted by Crippen LogP contribution is -2.46. The van der Waals surface area contributed by atoms with Crippen molar-refractivity contribution in [3.05, 3.63) is 38.9 Å². The molecular formula is C20H29ClN4O4. The number of nitrogens with zero attached hydrogens (tertiary/aromatic N) is 3. The highest BCUT2D eigenvalue weighted by atomic mass is 35.5. The number of piperidine rings is 1. The monoisotopic (exact) mass is 424 g/mol. The van der Waals surface area contributed by atoms with Gasteiger partial charge in [0.1, 0.15) is 5.56 Å². The minimum atomic E-state index is -0.602. The highest BCUT2D eigenvalue weighted by molar-refractivity contribution is 6.31. The second-order valence-corrected chi connectivity index (χ2v) is 9.04. The fourth-order valence-corrected chi connectivity index (χ4v) is 3.90. The summed E-state index contributed by atoms with van der Waals surface area (Å²) < 4.78 is 0. The Bertz CT molecular complexity index is 774. The van der Waals surface area contributed by atoms with E-state index in [4.69, 9.17) is 11.6 Å². The van der Waals surface area contributed by atoms with E-state index in [1.54, 1.807) is 4.90 Å². The first-order chi connectivity index (χ1) is 13.5. The van der Waals surface area contributed by atoms with E-state index in [-0.39, 0.29) is 33.5 Å². The molecule has 0 spiro atoms. The van der Waals surface area contributed by atoms with Crippen molar-refractivity contribution in [2.75, 3.05) is 40.3 Å². The molecular weight excluding hydrogens is 396 g/mol. The molecule has 1 aliphatic heterocycles. The number of carbonyl (C=O) groups is 2. The van der Waals surface area contributed by atoms with Crippen LogP contribution in [0.3, 0.4) is 0 Å². The molecule has 0 unspecified atom stereocenters. The molecule has 2 amide bonds. The fraction of sp³-hybridized carbons (Fsp3) is 0.600. The molecule has 1 aliphatic rings. The molecule has 1 heterocycles. The van der Waals surface area contributed by atoms with E-state index in [9.17, 15) is 19.7 Å². The SMILES string of the molecule is CN(C)CC(C)(C)CNC(=O)C1CCN(C(=O)c2ccc(Cl)cc2[N+](=O)[O-])CC1. The predicted molar refractivity (Wildman–Crippen MR) is 112 cm³/mol. The van der Waals surface area contributed by atoms with Crippen LogP contribution < -0.4 is 5.32 Å². The van der Waals surface area contributed by atoms with Crippen LogP contribution in [-0.2, 0) is 4.79 Å². The van der Waals surface area contributed by atoms with Crippen LogP contribution >= 0.6 is 11.6 Å². The minimum absolute atomic E-state index is 0.00130. The summed E-state index contributed by atoms with van der Waals surface area (Å²) in [6, 6.07) is 4.04. The third-order valence-electron chi connectivity index (χ3n) is 5.03. The van der Waals surface area contributed by atoms with E-state index in [0.29, 0.717) is 32.5 Å². The van der Waals surface area contributed by atoms with E-state index in [1.165, 1.54) is 18.2 Å². The summed E-state index contributed by atoms with van der Waals surface area (Å²) in [5, 5.41) is 14.5. The zero-order chi connectivity index (χ0) is 21.8. The van der Waals surface area contributed by atoms with Crippen molar-refractivity contribution >= 4 is 29.1 Å². The summed E-state index contributed by atoms with van der Waals surface area (Å²) in [6.07, 6.45) is 1.07. The number of likely N-dealkylation sites (tertiary alicyclic amines) is 1. The second-order valence-electron chi connectivity index (χ2n) is 8.60. The minimum Gasteiger partial charge on any atom is -0.355 e. The summed E-state index contributed by atoms with van der Waals surface area (Å²) in [6.45, 7) is 6.43. The van der Waals surface area contributed by atoms with Gasteiger partial charge in [-0.05, 0) is 44.5 Å². The van der Waals surface area contributed by atoms with Crippen molar-refractivity contribution in [3.63, 3.8) is 0 Å². The van der Waals surface area contributed by atoms with Crippen molar-refractivity contribution in [1.82, 2.24) is 15.1 Å². The molecule has 160 valence electrons. The quantitative estimate of drug-likeness (QED) is 0.536. The van der Waals surface area contributed by atoms with Crippen LogP contribution in [0.25, 0.3) is 0 Å². The Kier molecular flexibility index (Phi) is 7.60. The van der Waals surface area contributed by atoms with E-state index < -0.39 is 10.8 Å². The van der Waals surface area contributed by atoms with Crippen LogP contribution in [0.2, 0.25) is 5.02 Å². The average Bonchev–Trinajstić information content (AvgIpc) is 2.64. The Morgan fingerprint density at radius 3 is 2.48 bits per heavy atom. The Balaban J connectivity index is 1.93. The van der Waals surface area contributed by atoms with Gasteiger partial charge in [0.2, 0.25) is 5.91 Å². The zero-order valence-electron chi connectivity index (χ0n) is 17.4. The van der Waals surface area contributed by atoms with Crippen LogP contribution in [0.15, 0.2) is 18.2 Å². The number of benzene rings is 1. The van der Waals surface area contributed by atoms with Crippen molar-refractivity contribution < 1.29 is 14.5 Å². The number of rotatable bonds is 7. The number of amides is 2. The number of hydrogen-bond acceptors (Lipinski definition) is 5. The lowest BCUT2D eigenvalue weighted by atomic mass is 9.91. The summed E-state index contributed by atoms with van der Waals surface area (Å²) in [7, 11) is 4.00. The van der Waals surface area contributed by atoms with Gasteiger partial charge >= 0.3 is 0 Å². The maximum atomic E-state index is 12.7. The standard InChI is InChI=1S/C20H29ClN4O4/c1-20(2,13-23(3)4)12-22-18(26)14-7-9-24(10-8-14)19(27)16-6-5-15(21)11-17(16)25(28)29/h5-6,11,14H,7-10,12-13H2,1-4H3,(H,22,26). The van der Waals surface area contributed by atoms with Crippen molar-refractivity contribution in [1.29, 1.82) is 0 Å². The molecule has 0 aliphatic carbocycles. The lowest BCUT2D eigenvalue weighted by molar-refractivity contribution is -0.385. The van der Waals surface area contributed by atoms with Crippen molar-refractivity contribution in [2.45, 2.75) is 26.7 Å². The van der Waals surface area contributed by atoms with Gasteiger partial charge in [-0.3, -0.25) is 19.7 Å². The first-order valence-electron chi connectivity index (χ1n) is 9.66. The van der Waals surface area contributed by atoms with Crippen LogP contribution in [0.1, 0.15) is 37.0 Å². The van der Waals surface area contributed by atoms with Gasteiger partial charge in [0, 0.05) is 43.2 Å². The Hall–Kier alpha value is -2.19. The van der Waals surface area contributed by atoms with E-state index in [2.05, 4.69) is 24.1 Å². The highest BCUT2D eigenvalue weighted by Crippen LogP contribution is 2.27. The van der Waals surface area contributed by atoms with Crippen LogP contribution in [0.4, 0.5) is 5.69 Å². The van der Waals surface area contributed by atoms with Gasteiger partial charge in [0.05, 0.1) is 4.92 Å². The molecule has 1 aromatic rings. The second kappa shape index (κ2) is 9.54. The number of hydrogen-bond donors (Lipinski definition) is 1. The van der Waals surface area contributed by atoms with Gasteiger partial charge in [-0.1, -0.05) is 25.4 Å². The molecule has 0 aromatic heterocycles. The van der Waals surface area contributed by atoms with Crippen LogP contribution in [0.5, 0.6) is 0 Å². The van der Waals surface area contributed by atoms with Gasteiger partial charge in [-0.2, -0.15) is 0 Å². The first kappa shape index (κ1) is 23.1. The molecule has 1 aromatic carbocycles. The maximum Gasteiger partial charge on any atom is 0.283 e. The number of nitro benzene ring substituents is 1. The predicted octanol–water partition coefficient (Wildman–Crippen LogP) is 2.80. The summed E-state index contributed by atoms with van der Waals surface area (Å²) in [5.41, 5.74) is -0.318. The van der Waals surface area contributed by atoms with E-state index in [0.717, 1.165) is 6.54 Å². The number of halogens is 1. The first-order valence-corrected chi connectivity index (χ1v) is 10.0. The van der Waals surface area contributed by atoms with Crippen molar-refractivity contribution in [2.24, 2.45) is 11.3 Å². The van der Waals surface area contributed by atoms with E-state index in [1.807, 2.05) is 14.1 Å². The zero-order valence-corrected chi connectivity index (χ0v) is 18.2. The summed E-state index contributed by atoms with van der Waals surface area (Å²) >= 11 is 5.82. The van der Waals surface area contributed by atoms with Gasteiger partial charge in [0.25, 0.3) is 11.6 Å². The molecule has 0 bridgehead atoms. The van der Waals surface area contributed by atoms with Gasteiger partial charge < -0.3 is 15.1 Å². The van der Waals surface area contributed by atoms with Crippen molar-refractivity contribution in [3.8, 4) is 0 Å². The third kappa shape index (κ3) is 6.40. The number of nitrogens with one attached hydrogen (secondary N) is 1. The molecule has 2 rings (SSSR count). The Morgan fingerprint density at radius 2 is 1.93 bits per heavy atom. The largest absolute Gasteiger partial charge is 0.355 e. The lowest BCUT2D eigenvalue weighted by Gasteiger charge is -2.33. The molecule has 0 atom stereocenters. The molecule has 1 fully saturated rings. The third-order valence-corrected chi connectivity index (χ3v) is 5.26.